The lowest BCUT2D eigenvalue weighted by Crippen LogP contribution is -2.01. The second kappa shape index (κ2) is 7.95. The van der Waals surface area contributed by atoms with E-state index in [1.165, 1.54) is 0 Å². The van der Waals surface area contributed by atoms with Crippen LogP contribution in [0.2, 0.25) is 5.02 Å². The Balaban J connectivity index is 1.77. The maximum Gasteiger partial charge on any atom is 0.286 e. The van der Waals surface area contributed by atoms with E-state index in [4.69, 9.17) is 22.1 Å². The van der Waals surface area contributed by atoms with Gasteiger partial charge in [0.1, 0.15) is 12.4 Å². The number of hydrogen-bond donors (Lipinski definition) is 1. The summed E-state index contributed by atoms with van der Waals surface area (Å²) in [6.07, 6.45) is 1.74. The summed E-state index contributed by atoms with van der Waals surface area (Å²) in [7, 11) is 0. The van der Waals surface area contributed by atoms with Crippen molar-refractivity contribution in [1.29, 1.82) is 0 Å². The summed E-state index contributed by atoms with van der Waals surface area (Å²) < 4.78 is 7.43. The Bertz CT molecular complexity index is 875. The first-order valence-electron chi connectivity index (χ1n) is 7.06. The molecule has 128 valence electrons. The van der Waals surface area contributed by atoms with Gasteiger partial charge in [-0.25, -0.2) is 0 Å². The van der Waals surface area contributed by atoms with Gasteiger partial charge >= 0.3 is 0 Å². The number of nitrogens with zero attached hydrogens (tertiary/aromatic N) is 1. The average molecular weight is 503 g/mol. The van der Waals surface area contributed by atoms with Crippen LogP contribution in [0.3, 0.4) is 0 Å². The molecule has 0 unspecified atom stereocenters. The Labute approximate surface area is 170 Å². The fourth-order valence-corrected chi connectivity index (χ4v) is 4.37. The number of amides is 1. The van der Waals surface area contributed by atoms with E-state index in [0.717, 1.165) is 31.8 Å². The molecular formula is C17H11Br2ClN2O2S. The molecule has 2 aromatic rings. The van der Waals surface area contributed by atoms with Crippen LogP contribution in [-0.4, -0.2) is 11.1 Å². The number of carbonyl (C=O) groups excluding carboxylic acids is 1. The molecule has 8 heteroatoms. The Morgan fingerprint density at radius 2 is 1.84 bits per heavy atom. The third-order valence-electron chi connectivity index (χ3n) is 3.25. The van der Waals surface area contributed by atoms with Gasteiger partial charge in [-0.1, -0.05) is 23.7 Å². The zero-order chi connectivity index (χ0) is 18.0. The zero-order valence-corrected chi connectivity index (χ0v) is 17.4. The van der Waals surface area contributed by atoms with E-state index in [1.807, 2.05) is 36.4 Å². The molecule has 1 aliphatic rings. The Morgan fingerprint density at radius 1 is 1.20 bits per heavy atom. The van der Waals surface area contributed by atoms with Crippen molar-refractivity contribution in [1.82, 2.24) is 0 Å². The number of hydrogen-bond acceptors (Lipinski definition) is 4. The Hall–Kier alpha value is -1.28. The van der Waals surface area contributed by atoms with Gasteiger partial charge < -0.3 is 10.5 Å². The lowest BCUT2D eigenvalue weighted by atomic mass is 10.2. The number of halogens is 3. The number of thioether (sulfide) groups is 1. The van der Waals surface area contributed by atoms with Crippen molar-refractivity contribution in [3.05, 3.63) is 66.4 Å². The normalized spacial score (nSPS) is 15.6. The minimum Gasteiger partial charge on any atom is -0.487 e. The van der Waals surface area contributed by atoms with Crippen molar-refractivity contribution >= 4 is 72.4 Å². The Kier molecular flexibility index (Phi) is 5.89. The first kappa shape index (κ1) is 18.5. The number of nitrogens with two attached hydrogens (primary N) is 1. The predicted octanol–water partition coefficient (Wildman–Crippen LogP) is 5.37. The van der Waals surface area contributed by atoms with Gasteiger partial charge in [0.05, 0.1) is 13.9 Å². The highest BCUT2D eigenvalue weighted by molar-refractivity contribution is 9.11. The van der Waals surface area contributed by atoms with Gasteiger partial charge in [-0.15, -0.1) is 0 Å². The second-order valence-electron chi connectivity index (χ2n) is 5.09. The van der Waals surface area contributed by atoms with Crippen LogP contribution in [0.4, 0.5) is 0 Å². The standard InChI is InChI=1S/C17H11Br2ClN2O2S/c18-12-5-10(7-14-16(23)22-17(21)25-14)6-13(19)15(12)24-8-9-1-3-11(20)4-2-9/h1-7H,8H2,(H2,21,22,23)/b14-7-. The van der Waals surface area contributed by atoms with E-state index >= 15 is 0 Å². The van der Waals surface area contributed by atoms with Crippen molar-refractivity contribution in [2.45, 2.75) is 6.61 Å². The number of amidine groups is 1. The summed E-state index contributed by atoms with van der Waals surface area (Å²) in [5, 5.41) is 0.949. The molecule has 2 aromatic carbocycles. The SMILES string of the molecule is NC1=NC(=O)/C(=C/c2cc(Br)c(OCc3ccc(Cl)cc3)c(Br)c2)S1. The molecular weight excluding hydrogens is 492 g/mol. The topological polar surface area (TPSA) is 64.7 Å². The molecule has 4 nitrogen and oxygen atoms in total. The number of carbonyl (C=O) groups is 1. The van der Waals surface area contributed by atoms with Crippen molar-refractivity contribution < 1.29 is 9.53 Å². The van der Waals surface area contributed by atoms with Gasteiger partial charge in [0.2, 0.25) is 0 Å². The largest absolute Gasteiger partial charge is 0.487 e. The highest BCUT2D eigenvalue weighted by atomic mass is 79.9. The Morgan fingerprint density at radius 3 is 2.40 bits per heavy atom. The molecule has 2 N–H and O–H groups in total. The summed E-state index contributed by atoms with van der Waals surface area (Å²) in [5.41, 5.74) is 7.40. The van der Waals surface area contributed by atoms with Crippen LogP contribution >= 0.6 is 55.2 Å². The van der Waals surface area contributed by atoms with Gasteiger partial charge in [-0.2, -0.15) is 4.99 Å². The van der Waals surface area contributed by atoms with Gasteiger partial charge in [0.25, 0.3) is 5.91 Å². The molecule has 3 rings (SSSR count). The minimum absolute atomic E-state index is 0.261. The van der Waals surface area contributed by atoms with Crippen LogP contribution in [0.15, 0.2) is 55.2 Å². The quantitative estimate of drug-likeness (QED) is 0.571. The summed E-state index contributed by atoms with van der Waals surface area (Å²) in [5.74, 6) is 0.357. The fourth-order valence-electron chi connectivity index (χ4n) is 2.11. The smallest absolute Gasteiger partial charge is 0.286 e. The summed E-state index contributed by atoms with van der Waals surface area (Å²) in [4.78, 5) is 15.9. The number of rotatable bonds is 4. The van der Waals surface area contributed by atoms with Crippen molar-refractivity contribution in [3.63, 3.8) is 0 Å². The van der Waals surface area contributed by atoms with E-state index in [9.17, 15) is 4.79 Å². The predicted molar refractivity (Wildman–Crippen MR) is 110 cm³/mol. The summed E-state index contributed by atoms with van der Waals surface area (Å²) in [6, 6.07) is 11.2. The molecule has 0 fully saturated rings. The highest BCUT2D eigenvalue weighted by Crippen LogP contribution is 2.37. The molecule has 0 saturated heterocycles. The third kappa shape index (κ3) is 4.67. The maximum absolute atomic E-state index is 11.7. The fraction of sp³-hybridized carbons (Fsp3) is 0.0588. The average Bonchev–Trinajstić information content (AvgIpc) is 2.86. The summed E-state index contributed by atoms with van der Waals surface area (Å²) >= 11 is 14.1. The van der Waals surface area contributed by atoms with Crippen molar-refractivity contribution in [3.8, 4) is 5.75 Å². The van der Waals surface area contributed by atoms with E-state index in [1.54, 1.807) is 6.08 Å². The van der Waals surface area contributed by atoms with Crippen LogP contribution in [-0.2, 0) is 11.4 Å². The molecule has 0 aromatic heterocycles. The lowest BCUT2D eigenvalue weighted by molar-refractivity contribution is -0.113. The number of benzene rings is 2. The summed E-state index contributed by atoms with van der Waals surface area (Å²) in [6.45, 7) is 0.410. The maximum atomic E-state index is 11.7. The van der Waals surface area contributed by atoms with E-state index in [2.05, 4.69) is 36.9 Å². The van der Waals surface area contributed by atoms with Gasteiger partial charge in [-0.05, 0) is 85.1 Å². The number of aliphatic imine (C=N–C) groups is 1. The van der Waals surface area contributed by atoms with Crippen molar-refractivity contribution in [2.75, 3.05) is 0 Å². The van der Waals surface area contributed by atoms with Crippen LogP contribution in [0, 0.1) is 0 Å². The molecule has 0 atom stereocenters. The third-order valence-corrected chi connectivity index (χ3v) is 5.49. The molecule has 0 saturated carbocycles. The van der Waals surface area contributed by atoms with Crippen LogP contribution in [0.1, 0.15) is 11.1 Å². The van der Waals surface area contributed by atoms with Gasteiger partial charge in [0, 0.05) is 5.02 Å². The first-order valence-corrected chi connectivity index (χ1v) is 9.85. The van der Waals surface area contributed by atoms with E-state index in [-0.39, 0.29) is 11.1 Å². The lowest BCUT2D eigenvalue weighted by Gasteiger charge is -2.12. The molecule has 1 aliphatic heterocycles. The minimum atomic E-state index is -0.321. The molecule has 0 spiro atoms. The van der Waals surface area contributed by atoms with Gasteiger partial charge in [0.15, 0.2) is 5.17 Å². The van der Waals surface area contributed by atoms with E-state index in [0.29, 0.717) is 22.3 Å². The molecule has 0 radical (unpaired) electrons. The monoisotopic (exact) mass is 500 g/mol. The van der Waals surface area contributed by atoms with Crippen LogP contribution in [0.25, 0.3) is 6.08 Å². The molecule has 0 aliphatic carbocycles. The number of ether oxygens (including phenoxy) is 1. The zero-order valence-electron chi connectivity index (χ0n) is 12.6. The molecule has 25 heavy (non-hydrogen) atoms. The molecule has 1 heterocycles. The first-order chi connectivity index (χ1) is 11.9. The van der Waals surface area contributed by atoms with E-state index < -0.39 is 0 Å². The highest BCUT2D eigenvalue weighted by Gasteiger charge is 2.20. The van der Waals surface area contributed by atoms with Crippen molar-refractivity contribution in [2.24, 2.45) is 10.7 Å². The van der Waals surface area contributed by atoms with Gasteiger partial charge in [-0.3, -0.25) is 4.79 Å². The molecule has 0 bridgehead atoms. The second-order valence-corrected chi connectivity index (χ2v) is 8.30. The molecule has 1 amide bonds. The van der Waals surface area contributed by atoms with Crippen LogP contribution in [0.5, 0.6) is 5.75 Å². The van der Waals surface area contributed by atoms with Crippen LogP contribution < -0.4 is 10.5 Å².